The predicted octanol–water partition coefficient (Wildman–Crippen LogP) is 4.42. The Balaban J connectivity index is 1.70. The number of nitrogens with zero attached hydrogens (tertiary/aromatic N) is 2. The molecule has 1 amide bonds. The van der Waals surface area contributed by atoms with E-state index in [4.69, 9.17) is 9.57 Å². The largest absolute Gasteiger partial charge is 0.496 e. The summed E-state index contributed by atoms with van der Waals surface area (Å²) >= 11 is 0. The van der Waals surface area contributed by atoms with Crippen molar-refractivity contribution in [3.63, 3.8) is 0 Å². The fraction of sp³-hybridized carbons (Fsp3) is 0.600. The molecule has 4 rings (SSSR count). The van der Waals surface area contributed by atoms with Crippen LogP contribution < -0.4 is 15.0 Å². The van der Waals surface area contributed by atoms with Crippen molar-refractivity contribution >= 4 is 17.6 Å². The number of rotatable bonds is 10. The molecule has 0 aromatic heterocycles. The van der Waals surface area contributed by atoms with Crippen LogP contribution >= 0.6 is 0 Å². The minimum absolute atomic E-state index is 0.0366. The standard InChI is InChI=1S/C35H51N3O7/c1-19-13-28(20(2)21(3)35(19,5)6)36-33(41)31-30(22(4)40)29(18-39)45-38(31)17-23-11-10-12-27(32(23)44-9)24-14-25(34(42)43)16-26(15-24)37(7)8/h10-12,14-16,19-22,28-31,39-40H,13,17-18H2,1-9H3,(H,36,41)(H,42,43)/t19-,20+,21+,22+,28+,29+,30-,31+/m1/s1. The number of para-hydroxylation sites is 1. The van der Waals surface area contributed by atoms with Crippen LogP contribution in [0.3, 0.4) is 0 Å². The van der Waals surface area contributed by atoms with Gasteiger partial charge in [0.15, 0.2) is 0 Å². The molecule has 2 fully saturated rings. The van der Waals surface area contributed by atoms with E-state index in [9.17, 15) is 24.9 Å². The summed E-state index contributed by atoms with van der Waals surface area (Å²) in [5, 5.41) is 35.7. The molecule has 10 nitrogen and oxygen atoms in total. The molecule has 4 N–H and O–H groups in total. The van der Waals surface area contributed by atoms with Gasteiger partial charge in [-0.05, 0) is 60.3 Å². The second-order valence-electron chi connectivity index (χ2n) is 13.9. The highest BCUT2D eigenvalue weighted by molar-refractivity contribution is 5.92. The molecule has 1 saturated carbocycles. The summed E-state index contributed by atoms with van der Waals surface area (Å²) in [6, 6.07) is 9.81. The number of aromatic carboxylic acids is 1. The van der Waals surface area contributed by atoms with Gasteiger partial charge < -0.3 is 30.3 Å². The van der Waals surface area contributed by atoms with E-state index >= 15 is 0 Å². The lowest BCUT2D eigenvalue weighted by Crippen LogP contribution is -2.56. The average Bonchev–Trinajstić information content (AvgIpc) is 3.37. The molecule has 248 valence electrons. The van der Waals surface area contributed by atoms with Crippen LogP contribution in [0.4, 0.5) is 5.69 Å². The maximum Gasteiger partial charge on any atom is 0.335 e. The molecule has 1 heterocycles. The molecular weight excluding hydrogens is 574 g/mol. The number of methoxy groups -OCH3 is 1. The summed E-state index contributed by atoms with van der Waals surface area (Å²) in [5.41, 5.74) is 3.09. The Morgan fingerprint density at radius 3 is 2.44 bits per heavy atom. The van der Waals surface area contributed by atoms with Crippen molar-refractivity contribution in [1.82, 2.24) is 10.4 Å². The van der Waals surface area contributed by atoms with Crippen molar-refractivity contribution < 1.29 is 34.5 Å². The molecule has 2 aromatic carbocycles. The summed E-state index contributed by atoms with van der Waals surface area (Å²) in [7, 11) is 5.25. The van der Waals surface area contributed by atoms with Crippen LogP contribution in [0.5, 0.6) is 5.75 Å². The first-order chi connectivity index (χ1) is 21.1. The third-order valence-electron chi connectivity index (χ3n) is 10.8. The zero-order chi connectivity index (χ0) is 33.4. The van der Waals surface area contributed by atoms with Gasteiger partial charge in [0, 0.05) is 42.9 Å². The summed E-state index contributed by atoms with van der Waals surface area (Å²) in [5.74, 6) is -0.383. The number of carboxylic acids is 1. The van der Waals surface area contributed by atoms with Crippen molar-refractivity contribution in [3.05, 3.63) is 47.5 Å². The first kappa shape index (κ1) is 34.7. The number of benzene rings is 2. The molecule has 2 aromatic rings. The Hall–Kier alpha value is -3.18. The third-order valence-corrected chi connectivity index (χ3v) is 10.8. The number of hydrogen-bond donors (Lipinski definition) is 4. The second kappa shape index (κ2) is 13.7. The van der Waals surface area contributed by atoms with Gasteiger partial charge in [-0.3, -0.25) is 9.63 Å². The molecule has 0 bridgehead atoms. The lowest BCUT2D eigenvalue weighted by molar-refractivity contribution is -0.182. The normalized spacial score (nSPS) is 28.8. The molecule has 45 heavy (non-hydrogen) atoms. The van der Waals surface area contributed by atoms with Gasteiger partial charge in [-0.2, -0.15) is 5.06 Å². The van der Waals surface area contributed by atoms with E-state index in [0.29, 0.717) is 34.3 Å². The third kappa shape index (κ3) is 6.84. The van der Waals surface area contributed by atoms with Crippen LogP contribution in [0, 0.1) is 29.1 Å². The van der Waals surface area contributed by atoms with E-state index in [1.54, 1.807) is 31.2 Å². The first-order valence-electron chi connectivity index (χ1n) is 15.9. The number of hydrogen-bond acceptors (Lipinski definition) is 8. The van der Waals surface area contributed by atoms with E-state index in [2.05, 4.69) is 39.9 Å². The van der Waals surface area contributed by atoms with E-state index in [-0.39, 0.29) is 42.0 Å². The van der Waals surface area contributed by atoms with Crippen molar-refractivity contribution in [3.8, 4) is 16.9 Å². The quantitative estimate of drug-likeness (QED) is 0.303. The molecule has 1 aliphatic heterocycles. The van der Waals surface area contributed by atoms with Gasteiger partial charge in [0.05, 0.1) is 31.9 Å². The topological polar surface area (TPSA) is 132 Å². The van der Waals surface area contributed by atoms with Gasteiger partial charge in [-0.25, -0.2) is 4.79 Å². The number of aliphatic hydroxyl groups is 2. The first-order valence-corrected chi connectivity index (χ1v) is 15.9. The number of carbonyl (C=O) groups is 2. The SMILES string of the molecule is COc1c(CN2O[C@@H](CO)[C@@H]([C@H](C)O)[C@H]2C(=O)N[C@H]2C[C@@H](C)C(C)(C)[C@@H](C)[C@@H]2C)cccc1-c1cc(C(=O)O)cc(N(C)C)c1. The molecule has 10 heteroatoms. The van der Waals surface area contributed by atoms with Crippen LogP contribution in [-0.4, -0.2) is 84.4 Å². The number of amides is 1. The van der Waals surface area contributed by atoms with Gasteiger partial charge >= 0.3 is 5.97 Å². The Morgan fingerprint density at radius 2 is 1.87 bits per heavy atom. The second-order valence-corrected chi connectivity index (χ2v) is 13.9. The van der Waals surface area contributed by atoms with Crippen LogP contribution in [-0.2, 0) is 16.2 Å². The van der Waals surface area contributed by atoms with Crippen LogP contribution in [0.1, 0.15) is 63.9 Å². The van der Waals surface area contributed by atoms with E-state index in [1.807, 2.05) is 43.3 Å². The van der Waals surface area contributed by atoms with Crippen LogP contribution in [0.25, 0.3) is 11.1 Å². The van der Waals surface area contributed by atoms with Crippen molar-refractivity contribution in [2.24, 2.45) is 29.1 Å². The van der Waals surface area contributed by atoms with Gasteiger partial charge in [0.1, 0.15) is 17.9 Å². The zero-order valence-electron chi connectivity index (χ0n) is 28.1. The number of aliphatic hydroxyl groups excluding tert-OH is 2. The van der Waals surface area contributed by atoms with Gasteiger partial charge in [0.25, 0.3) is 0 Å². The minimum Gasteiger partial charge on any atom is -0.496 e. The summed E-state index contributed by atoms with van der Waals surface area (Å²) < 4.78 is 5.90. The van der Waals surface area contributed by atoms with E-state index < -0.39 is 30.1 Å². The van der Waals surface area contributed by atoms with Crippen molar-refractivity contribution in [2.75, 3.05) is 32.7 Å². The molecule has 2 aliphatic rings. The Labute approximate surface area is 267 Å². The van der Waals surface area contributed by atoms with Gasteiger partial charge in [-0.1, -0.05) is 52.8 Å². The molecule has 1 saturated heterocycles. The number of nitrogens with one attached hydrogen (secondary N) is 1. The van der Waals surface area contributed by atoms with E-state index in [1.165, 1.54) is 0 Å². The van der Waals surface area contributed by atoms with Gasteiger partial charge in [-0.15, -0.1) is 0 Å². The highest BCUT2D eigenvalue weighted by Gasteiger charge is 2.51. The molecule has 8 atom stereocenters. The highest BCUT2D eigenvalue weighted by atomic mass is 16.7. The monoisotopic (exact) mass is 625 g/mol. The molecule has 0 spiro atoms. The van der Waals surface area contributed by atoms with E-state index in [0.717, 1.165) is 12.1 Å². The zero-order valence-corrected chi connectivity index (χ0v) is 28.1. The predicted molar refractivity (Wildman–Crippen MR) is 174 cm³/mol. The lowest BCUT2D eigenvalue weighted by Gasteiger charge is -2.50. The summed E-state index contributed by atoms with van der Waals surface area (Å²) in [6.07, 6.45) is -0.842. The van der Waals surface area contributed by atoms with Crippen molar-refractivity contribution in [1.29, 1.82) is 0 Å². The Bertz CT molecular complexity index is 1380. The van der Waals surface area contributed by atoms with Gasteiger partial charge in [0.2, 0.25) is 5.91 Å². The molecule has 0 radical (unpaired) electrons. The number of carbonyl (C=O) groups excluding carboxylic acids is 1. The number of anilines is 1. The summed E-state index contributed by atoms with van der Waals surface area (Å²) in [6.45, 7) is 12.6. The molecule has 0 unspecified atom stereocenters. The Morgan fingerprint density at radius 1 is 1.18 bits per heavy atom. The molecule has 1 aliphatic carbocycles. The maximum atomic E-state index is 14.1. The summed E-state index contributed by atoms with van der Waals surface area (Å²) in [4.78, 5) is 34.1. The van der Waals surface area contributed by atoms with Crippen LogP contribution in [0.15, 0.2) is 36.4 Å². The molecular formula is C35H51N3O7. The number of ether oxygens (including phenoxy) is 1. The van der Waals surface area contributed by atoms with Crippen molar-refractivity contribution in [2.45, 2.75) is 78.8 Å². The highest BCUT2D eigenvalue weighted by Crippen LogP contribution is 2.47. The fourth-order valence-electron chi connectivity index (χ4n) is 7.20. The average molecular weight is 626 g/mol. The number of carboxylic acid groups (broad SMARTS) is 1. The van der Waals surface area contributed by atoms with Crippen LogP contribution in [0.2, 0.25) is 0 Å². The lowest BCUT2D eigenvalue weighted by atomic mass is 9.58. The maximum absolute atomic E-state index is 14.1. The fourth-order valence-corrected chi connectivity index (χ4v) is 7.20. The minimum atomic E-state index is -1.03. The number of hydroxylamine groups is 2. The smallest absolute Gasteiger partial charge is 0.335 e. The Kier molecular flexibility index (Phi) is 10.5.